The van der Waals surface area contributed by atoms with Crippen LogP contribution in [0.4, 0.5) is 0 Å². The van der Waals surface area contributed by atoms with Gasteiger partial charge in [0.25, 0.3) is 0 Å². The van der Waals surface area contributed by atoms with E-state index >= 15 is 0 Å². The number of ether oxygens (including phenoxy) is 3. The summed E-state index contributed by atoms with van der Waals surface area (Å²) in [5.41, 5.74) is 4.31. The van der Waals surface area contributed by atoms with Crippen LogP contribution in [0.3, 0.4) is 0 Å². The third kappa shape index (κ3) is 5.01. The molecular weight excluding hydrogens is 340 g/mol. The summed E-state index contributed by atoms with van der Waals surface area (Å²) in [6.07, 6.45) is 6.23. The van der Waals surface area contributed by atoms with E-state index in [9.17, 15) is 0 Å². The molecule has 0 aromatic heterocycles. The standard InChI is InChI=1S/C22H26N2O3/c1-3-20(4-2-18(1)22-9-13-23-24-22)27-21-7-5-19(6-8-21)26-16-12-17-10-14-25-15-11-17/h1-8,13,17,22,24H,9-12,14-16H2. The first kappa shape index (κ1) is 17.9. The third-order valence-corrected chi connectivity index (χ3v) is 5.14. The second kappa shape index (κ2) is 8.91. The molecule has 5 heteroatoms. The summed E-state index contributed by atoms with van der Waals surface area (Å²) < 4.78 is 17.2. The Morgan fingerprint density at radius 2 is 1.59 bits per heavy atom. The van der Waals surface area contributed by atoms with Gasteiger partial charge in [-0.15, -0.1) is 0 Å². The fourth-order valence-corrected chi connectivity index (χ4v) is 3.45. The van der Waals surface area contributed by atoms with Gasteiger partial charge < -0.3 is 19.6 Å². The number of hydrazone groups is 1. The third-order valence-electron chi connectivity index (χ3n) is 5.14. The zero-order chi connectivity index (χ0) is 18.3. The van der Waals surface area contributed by atoms with Crippen molar-refractivity contribution < 1.29 is 14.2 Å². The Bertz CT molecular complexity index is 729. The van der Waals surface area contributed by atoms with E-state index < -0.39 is 0 Å². The molecule has 4 rings (SSSR count). The van der Waals surface area contributed by atoms with E-state index in [0.29, 0.717) is 0 Å². The van der Waals surface area contributed by atoms with Crippen molar-refractivity contribution in [1.29, 1.82) is 0 Å². The molecule has 27 heavy (non-hydrogen) atoms. The van der Waals surface area contributed by atoms with E-state index in [1.807, 2.05) is 42.6 Å². The second-order valence-corrected chi connectivity index (χ2v) is 7.06. The van der Waals surface area contributed by atoms with E-state index in [-0.39, 0.29) is 6.04 Å². The van der Waals surface area contributed by atoms with Gasteiger partial charge in [0.05, 0.1) is 12.6 Å². The molecular formula is C22H26N2O3. The van der Waals surface area contributed by atoms with Gasteiger partial charge in [-0.05, 0) is 67.1 Å². The lowest BCUT2D eigenvalue weighted by Crippen LogP contribution is -2.17. The zero-order valence-electron chi connectivity index (χ0n) is 15.5. The summed E-state index contributed by atoms with van der Waals surface area (Å²) in [7, 11) is 0. The molecule has 0 spiro atoms. The van der Waals surface area contributed by atoms with Crippen LogP contribution in [0.1, 0.15) is 37.3 Å². The first-order valence-electron chi connectivity index (χ1n) is 9.72. The van der Waals surface area contributed by atoms with Crippen molar-refractivity contribution in [2.75, 3.05) is 19.8 Å². The van der Waals surface area contributed by atoms with Crippen LogP contribution in [0.15, 0.2) is 53.6 Å². The minimum atomic E-state index is 0.275. The summed E-state index contributed by atoms with van der Waals surface area (Å²) in [6, 6.07) is 16.2. The first-order valence-corrected chi connectivity index (χ1v) is 9.72. The van der Waals surface area contributed by atoms with Crippen LogP contribution >= 0.6 is 0 Å². The SMILES string of the molecule is C1=NNC(c2ccc(Oc3ccc(OCCC4CCOCC4)cc3)cc2)C1. The minimum absolute atomic E-state index is 0.275. The fourth-order valence-electron chi connectivity index (χ4n) is 3.45. The summed E-state index contributed by atoms with van der Waals surface area (Å²) in [5.74, 6) is 3.25. The van der Waals surface area contributed by atoms with Gasteiger partial charge in [0.1, 0.15) is 17.2 Å². The average Bonchev–Trinajstić information content (AvgIpc) is 3.26. The molecule has 1 atom stereocenters. The van der Waals surface area contributed by atoms with Crippen molar-refractivity contribution in [2.45, 2.75) is 31.7 Å². The number of hydrogen-bond donors (Lipinski definition) is 1. The molecule has 0 bridgehead atoms. The van der Waals surface area contributed by atoms with Gasteiger partial charge in [-0.25, -0.2) is 0 Å². The van der Waals surface area contributed by atoms with Crippen LogP contribution in [0.25, 0.3) is 0 Å². The van der Waals surface area contributed by atoms with Crippen molar-refractivity contribution >= 4 is 6.21 Å². The largest absolute Gasteiger partial charge is 0.494 e. The van der Waals surface area contributed by atoms with Gasteiger partial charge >= 0.3 is 0 Å². The Labute approximate surface area is 160 Å². The summed E-state index contributed by atoms with van der Waals surface area (Å²) in [5, 5.41) is 4.06. The van der Waals surface area contributed by atoms with Crippen molar-refractivity contribution in [2.24, 2.45) is 11.0 Å². The van der Waals surface area contributed by atoms with Crippen LogP contribution in [-0.4, -0.2) is 26.0 Å². The van der Waals surface area contributed by atoms with E-state index in [1.54, 1.807) is 0 Å². The van der Waals surface area contributed by atoms with Gasteiger partial charge in [-0.3, -0.25) is 0 Å². The zero-order valence-corrected chi connectivity index (χ0v) is 15.5. The van der Waals surface area contributed by atoms with Crippen molar-refractivity contribution in [1.82, 2.24) is 5.43 Å². The maximum Gasteiger partial charge on any atom is 0.127 e. The highest BCUT2D eigenvalue weighted by Gasteiger charge is 2.14. The number of rotatable bonds is 7. The van der Waals surface area contributed by atoms with Crippen LogP contribution in [0, 0.1) is 5.92 Å². The Kier molecular flexibility index (Phi) is 5.89. The lowest BCUT2D eigenvalue weighted by Gasteiger charge is -2.21. The fraction of sp³-hybridized carbons (Fsp3) is 0.409. The molecule has 142 valence electrons. The second-order valence-electron chi connectivity index (χ2n) is 7.06. The Balaban J connectivity index is 1.24. The molecule has 2 aromatic carbocycles. The molecule has 0 saturated carbocycles. The monoisotopic (exact) mass is 366 g/mol. The Morgan fingerprint density at radius 3 is 2.26 bits per heavy atom. The molecule has 1 N–H and O–H groups in total. The van der Waals surface area contributed by atoms with Gasteiger partial charge in [0.15, 0.2) is 0 Å². The number of nitrogens with one attached hydrogen (secondary N) is 1. The molecule has 1 fully saturated rings. The average molecular weight is 366 g/mol. The normalized spacial score (nSPS) is 19.6. The predicted molar refractivity (Wildman–Crippen MR) is 106 cm³/mol. The molecule has 1 unspecified atom stereocenters. The molecule has 5 nitrogen and oxygen atoms in total. The molecule has 2 heterocycles. The van der Waals surface area contributed by atoms with Crippen LogP contribution in [0.5, 0.6) is 17.2 Å². The van der Waals surface area contributed by atoms with E-state index in [2.05, 4.69) is 22.7 Å². The van der Waals surface area contributed by atoms with Crippen molar-refractivity contribution in [3.63, 3.8) is 0 Å². The van der Waals surface area contributed by atoms with E-state index in [0.717, 1.165) is 68.7 Å². The van der Waals surface area contributed by atoms with Gasteiger partial charge in [0.2, 0.25) is 0 Å². The lowest BCUT2D eigenvalue weighted by molar-refractivity contribution is 0.0593. The summed E-state index contributed by atoms with van der Waals surface area (Å²) in [6.45, 7) is 2.54. The molecule has 0 amide bonds. The van der Waals surface area contributed by atoms with Crippen LogP contribution in [0.2, 0.25) is 0 Å². The highest BCUT2D eigenvalue weighted by Crippen LogP contribution is 2.27. The Hall–Kier alpha value is -2.53. The highest BCUT2D eigenvalue weighted by molar-refractivity contribution is 5.60. The van der Waals surface area contributed by atoms with Crippen molar-refractivity contribution in [3.8, 4) is 17.2 Å². The molecule has 1 saturated heterocycles. The molecule has 2 aromatic rings. The summed E-state index contributed by atoms with van der Waals surface area (Å²) >= 11 is 0. The van der Waals surface area contributed by atoms with Gasteiger partial charge in [0, 0.05) is 25.8 Å². The molecule has 2 aliphatic rings. The van der Waals surface area contributed by atoms with E-state index in [1.165, 1.54) is 5.56 Å². The van der Waals surface area contributed by atoms with E-state index in [4.69, 9.17) is 14.2 Å². The predicted octanol–water partition coefficient (Wildman–Crippen LogP) is 4.69. The van der Waals surface area contributed by atoms with Crippen molar-refractivity contribution in [3.05, 3.63) is 54.1 Å². The van der Waals surface area contributed by atoms with Crippen LogP contribution in [-0.2, 0) is 4.74 Å². The Morgan fingerprint density at radius 1 is 0.926 bits per heavy atom. The van der Waals surface area contributed by atoms with Gasteiger partial charge in [-0.1, -0.05) is 12.1 Å². The first-order chi connectivity index (χ1) is 13.4. The smallest absolute Gasteiger partial charge is 0.127 e. The molecule has 2 aliphatic heterocycles. The lowest BCUT2D eigenvalue weighted by atomic mass is 9.97. The maximum atomic E-state index is 5.93. The number of nitrogens with zero attached hydrogens (tertiary/aromatic N) is 1. The van der Waals surface area contributed by atoms with Crippen LogP contribution < -0.4 is 14.9 Å². The highest BCUT2D eigenvalue weighted by atomic mass is 16.5. The number of benzene rings is 2. The molecule has 0 radical (unpaired) electrons. The quantitative estimate of drug-likeness (QED) is 0.772. The minimum Gasteiger partial charge on any atom is -0.494 e. The summed E-state index contributed by atoms with van der Waals surface area (Å²) in [4.78, 5) is 0. The molecule has 0 aliphatic carbocycles. The maximum absolute atomic E-state index is 5.93. The van der Waals surface area contributed by atoms with Gasteiger partial charge in [-0.2, -0.15) is 5.10 Å². The topological polar surface area (TPSA) is 52.1 Å². The number of hydrogen-bond acceptors (Lipinski definition) is 5.